The van der Waals surface area contributed by atoms with E-state index in [0.29, 0.717) is 25.3 Å². The SMILES string of the molecule is CCOC(=O)C1CN(CC2=Cc3ccc(OC)cc32)CCC1=N. The number of nitrogens with zero attached hydrogens (tertiary/aromatic N) is 1. The number of fused-ring (bicyclic) bond motifs is 1. The second-order valence-corrected chi connectivity index (χ2v) is 5.94. The number of ether oxygens (including phenoxy) is 2. The molecule has 1 atom stereocenters. The van der Waals surface area contributed by atoms with Crippen molar-refractivity contribution in [3.63, 3.8) is 0 Å². The van der Waals surface area contributed by atoms with E-state index in [9.17, 15) is 4.79 Å². The van der Waals surface area contributed by atoms with Crippen LogP contribution in [0.25, 0.3) is 11.6 Å². The number of likely N-dealkylation sites (tertiary alicyclic amines) is 1. The lowest BCUT2D eigenvalue weighted by molar-refractivity contribution is -0.146. The molecule has 5 heteroatoms. The van der Waals surface area contributed by atoms with Crippen molar-refractivity contribution in [2.45, 2.75) is 13.3 Å². The molecule has 23 heavy (non-hydrogen) atoms. The lowest BCUT2D eigenvalue weighted by Gasteiger charge is -2.34. The van der Waals surface area contributed by atoms with Crippen molar-refractivity contribution in [3.8, 4) is 5.75 Å². The molecule has 1 aliphatic heterocycles. The van der Waals surface area contributed by atoms with Crippen molar-refractivity contribution in [1.29, 1.82) is 5.41 Å². The molecule has 1 N–H and O–H groups in total. The van der Waals surface area contributed by atoms with Crippen molar-refractivity contribution < 1.29 is 14.3 Å². The van der Waals surface area contributed by atoms with Gasteiger partial charge in [-0.15, -0.1) is 0 Å². The minimum atomic E-state index is -0.422. The minimum Gasteiger partial charge on any atom is -0.497 e. The first kappa shape index (κ1) is 15.7. The van der Waals surface area contributed by atoms with Gasteiger partial charge in [-0.05, 0) is 48.3 Å². The number of nitrogens with one attached hydrogen (secondary N) is 1. The number of methoxy groups -OCH3 is 1. The molecule has 1 heterocycles. The Labute approximate surface area is 136 Å². The molecule has 1 fully saturated rings. The molecule has 2 aliphatic rings. The zero-order valence-corrected chi connectivity index (χ0v) is 13.6. The highest BCUT2D eigenvalue weighted by Crippen LogP contribution is 2.36. The number of hydrogen-bond acceptors (Lipinski definition) is 5. The summed E-state index contributed by atoms with van der Waals surface area (Å²) < 4.78 is 10.4. The van der Waals surface area contributed by atoms with Crippen molar-refractivity contribution in [3.05, 3.63) is 29.3 Å². The van der Waals surface area contributed by atoms with E-state index in [0.717, 1.165) is 18.8 Å². The van der Waals surface area contributed by atoms with Gasteiger partial charge in [-0.1, -0.05) is 6.07 Å². The number of rotatable bonds is 5. The van der Waals surface area contributed by atoms with Crippen LogP contribution in [0.5, 0.6) is 5.75 Å². The van der Waals surface area contributed by atoms with E-state index in [1.807, 2.05) is 6.07 Å². The smallest absolute Gasteiger partial charge is 0.315 e. The summed E-state index contributed by atoms with van der Waals surface area (Å²) in [5.41, 5.74) is 4.20. The molecular weight excluding hydrogens is 292 g/mol. The van der Waals surface area contributed by atoms with Gasteiger partial charge >= 0.3 is 5.97 Å². The molecule has 1 aromatic carbocycles. The average molecular weight is 314 g/mol. The van der Waals surface area contributed by atoms with E-state index < -0.39 is 5.92 Å². The van der Waals surface area contributed by atoms with Crippen LogP contribution in [0.4, 0.5) is 0 Å². The summed E-state index contributed by atoms with van der Waals surface area (Å²) in [6.07, 6.45) is 2.80. The van der Waals surface area contributed by atoms with Gasteiger partial charge in [0.1, 0.15) is 11.7 Å². The topological polar surface area (TPSA) is 62.6 Å². The van der Waals surface area contributed by atoms with E-state index in [1.165, 1.54) is 16.7 Å². The predicted molar refractivity (Wildman–Crippen MR) is 89.8 cm³/mol. The number of piperidine rings is 1. The molecule has 0 amide bonds. The van der Waals surface area contributed by atoms with Crippen LogP contribution in [0.15, 0.2) is 18.2 Å². The molecule has 1 unspecified atom stereocenters. The van der Waals surface area contributed by atoms with E-state index in [-0.39, 0.29) is 5.97 Å². The molecule has 0 saturated carbocycles. The van der Waals surface area contributed by atoms with Gasteiger partial charge in [0.15, 0.2) is 0 Å². The Morgan fingerprint density at radius 1 is 1.43 bits per heavy atom. The highest BCUT2D eigenvalue weighted by Gasteiger charge is 2.32. The molecule has 1 aromatic rings. The van der Waals surface area contributed by atoms with Crippen molar-refractivity contribution in [1.82, 2.24) is 4.90 Å². The standard InChI is InChI=1S/C18H22N2O3/c1-3-23-18(21)16-11-20(7-6-17(16)19)10-13-8-12-4-5-14(22-2)9-15(12)13/h4-5,8-9,16,19H,3,6-7,10-11H2,1-2H3. The maximum absolute atomic E-state index is 12.0. The van der Waals surface area contributed by atoms with Gasteiger partial charge in [0.2, 0.25) is 0 Å². The molecule has 122 valence electrons. The Kier molecular flexibility index (Phi) is 4.48. The first-order chi connectivity index (χ1) is 11.1. The molecule has 1 saturated heterocycles. The minimum absolute atomic E-state index is 0.271. The molecule has 0 bridgehead atoms. The predicted octanol–water partition coefficient (Wildman–Crippen LogP) is 2.45. The van der Waals surface area contributed by atoms with Crippen LogP contribution in [-0.2, 0) is 9.53 Å². The Bertz CT molecular complexity index is 666. The maximum atomic E-state index is 12.0. The summed E-state index contributed by atoms with van der Waals surface area (Å²) in [6, 6.07) is 6.08. The Balaban J connectivity index is 1.65. The number of esters is 1. The number of carbonyl (C=O) groups is 1. The van der Waals surface area contributed by atoms with Crippen LogP contribution in [0.3, 0.4) is 0 Å². The van der Waals surface area contributed by atoms with Gasteiger partial charge in [-0.3, -0.25) is 9.69 Å². The highest BCUT2D eigenvalue weighted by atomic mass is 16.5. The maximum Gasteiger partial charge on any atom is 0.315 e. The van der Waals surface area contributed by atoms with Gasteiger partial charge in [-0.25, -0.2) is 0 Å². The Hall–Kier alpha value is -2.14. The lowest BCUT2D eigenvalue weighted by atomic mass is 9.87. The van der Waals surface area contributed by atoms with Crippen LogP contribution in [0, 0.1) is 11.3 Å². The van der Waals surface area contributed by atoms with Gasteiger partial charge in [0.25, 0.3) is 0 Å². The monoisotopic (exact) mass is 314 g/mol. The molecule has 5 nitrogen and oxygen atoms in total. The summed E-state index contributed by atoms with van der Waals surface area (Å²) in [6.45, 7) is 4.33. The molecular formula is C18H22N2O3. The summed E-state index contributed by atoms with van der Waals surface area (Å²) in [5, 5.41) is 8.00. The van der Waals surface area contributed by atoms with Gasteiger partial charge < -0.3 is 14.9 Å². The van der Waals surface area contributed by atoms with Crippen molar-refractivity contribution in [2.75, 3.05) is 33.4 Å². The third-order valence-electron chi connectivity index (χ3n) is 4.46. The quantitative estimate of drug-likeness (QED) is 0.848. The Morgan fingerprint density at radius 2 is 2.26 bits per heavy atom. The molecule has 0 spiro atoms. The van der Waals surface area contributed by atoms with Gasteiger partial charge in [-0.2, -0.15) is 0 Å². The first-order valence-electron chi connectivity index (χ1n) is 7.97. The zero-order valence-electron chi connectivity index (χ0n) is 13.6. The van der Waals surface area contributed by atoms with Crippen LogP contribution in [-0.4, -0.2) is 49.9 Å². The number of hydrogen-bond donors (Lipinski definition) is 1. The fourth-order valence-electron chi connectivity index (χ4n) is 3.14. The molecule has 0 aromatic heterocycles. The summed E-state index contributed by atoms with van der Waals surface area (Å²) >= 11 is 0. The van der Waals surface area contributed by atoms with Crippen LogP contribution in [0.1, 0.15) is 24.5 Å². The summed E-state index contributed by atoms with van der Waals surface area (Å²) in [7, 11) is 1.67. The van der Waals surface area contributed by atoms with Gasteiger partial charge in [0.05, 0.1) is 13.7 Å². The second kappa shape index (κ2) is 6.54. The Morgan fingerprint density at radius 3 is 3.00 bits per heavy atom. The zero-order chi connectivity index (χ0) is 16.4. The first-order valence-corrected chi connectivity index (χ1v) is 7.97. The van der Waals surface area contributed by atoms with E-state index >= 15 is 0 Å². The van der Waals surface area contributed by atoms with E-state index in [2.05, 4.69) is 23.1 Å². The fourth-order valence-corrected chi connectivity index (χ4v) is 3.14. The largest absolute Gasteiger partial charge is 0.497 e. The van der Waals surface area contributed by atoms with E-state index in [4.69, 9.17) is 14.9 Å². The third kappa shape index (κ3) is 3.15. The third-order valence-corrected chi connectivity index (χ3v) is 4.46. The highest BCUT2D eigenvalue weighted by molar-refractivity contribution is 6.01. The fraction of sp³-hybridized carbons (Fsp3) is 0.444. The van der Waals surface area contributed by atoms with Crippen molar-refractivity contribution in [2.24, 2.45) is 5.92 Å². The summed E-state index contributed by atoms with van der Waals surface area (Å²) in [5.74, 6) is 0.167. The van der Waals surface area contributed by atoms with Crippen LogP contribution in [0.2, 0.25) is 0 Å². The second-order valence-electron chi connectivity index (χ2n) is 5.94. The summed E-state index contributed by atoms with van der Waals surface area (Å²) in [4.78, 5) is 14.2. The van der Waals surface area contributed by atoms with E-state index in [1.54, 1.807) is 14.0 Å². The molecule has 1 aliphatic carbocycles. The van der Waals surface area contributed by atoms with Crippen molar-refractivity contribution >= 4 is 23.3 Å². The van der Waals surface area contributed by atoms with Crippen LogP contribution < -0.4 is 4.74 Å². The molecule has 0 radical (unpaired) electrons. The lowest BCUT2D eigenvalue weighted by Crippen LogP contribution is -2.45. The normalized spacial score (nSPS) is 20.3. The molecule has 3 rings (SSSR count). The van der Waals surface area contributed by atoms with Crippen LogP contribution >= 0.6 is 0 Å². The number of carbonyl (C=O) groups excluding carboxylic acids is 1. The number of benzene rings is 1. The average Bonchev–Trinajstić information content (AvgIpc) is 2.54. The van der Waals surface area contributed by atoms with Gasteiger partial charge in [0, 0.05) is 25.3 Å².